The van der Waals surface area contributed by atoms with E-state index >= 15 is 0 Å². The average Bonchev–Trinajstić information content (AvgIpc) is 2.69. The van der Waals surface area contributed by atoms with Crippen molar-refractivity contribution in [1.82, 2.24) is 0 Å². The second-order valence-corrected chi connectivity index (χ2v) is 6.97. The van der Waals surface area contributed by atoms with Gasteiger partial charge in [-0.2, -0.15) is 0 Å². The number of hydrogen-bond acceptors (Lipinski definition) is 7. The molecule has 1 aliphatic heterocycles. The van der Waals surface area contributed by atoms with E-state index in [0.29, 0.717) is 24.1 Å². The molecule has 0 unspecified atom stereocenters. The summed E-state index contributed by atoms with van der Waals surface area (Å²) in [7, 11) is 0. The molecule has 2 aromatic rings. The van der Waals surface area contributed by atoms with E-state index in [9.17, 15) is 24.3 Å². The lowest BCUT2D eigenvalue weighted by Gasteiger charge is -2.22. The summed E-state index contributed by atoms with van der Waals surface area (Å²) in [6, 6.07) is 7.06. The number of nitrogens with two attached hydrogens (primary N) is 2. The molecule has 1 heterocycles. The zero-order valence-electron chi connectivity index (χ0n) is 16.3. The lowest BCUT2D eigenvalue weighted by Crippen LogP contribution is -2.22. The van der Waals surface area contributed by atoms with Crippen LogP contribution in [0.2, 0.25) is 0 Å². The summed E-state index contributed by atoms with van der Waals surface area (Å²) >= 11 is 0. The van der Waals surface area contributed by atoms with E-state index in [2.05, 4.69) is 0 Å². The van der Waals surface area contributed by atoms with Crippen LogP contribution in [0.1, 0.15) is 50.6 Å². The Bertz CT molecular complexity index is 1080. The van der Waals surface area contributed by atoms with E-state index < -0.39 is 36.2 Å². The van der Waals surface area contributed by atoms with Crippen LogP contribution in [0.3, 0.4) is 0 Å². The smallest absolute Gasteiger partial charge is 0.343 e. The van der Waals surface area contributed by atoms with Crippen LogP contribution in [0.5, 0.6) is 11.5 Å². The fourth-order valence-electron chi connectivity index (χ4n) is 3.40. The van der Waals surface area contributed by atoms with Crippen LogP contribution in [0.15, 0.2) is 30.3 Å². The van der Waals surface area contributed by atoms with Crippen LogP contribution < -0.4 is 20.9 Å². The molecular formula is C21H20N2O8. The van der Waals surface area contributed by atoms with Gasteiger partial charge in [0.05, 0.1) is 30.1 Å². The van der Waals surface area contributed by atoms with Crippen LogP contribution in [0.25, 0.3) is 0 Å². The van der Waals surface area contributed by atoms with E-state index in [1.54, 1.807) is 6.07 Å². The van der Waals surface area contributed by atoms with Gasteiger partial charge in [0, 0.05) is 11.3 Å². The van der Waals surface area contributed by atoms with Crippen molar-refractivity contribution in [2.24, 2.45) is 5.73 Å². The summed E-state index contributed by atoms with van der Waals surface area (Å²) in [4.78, 5) is 47.9. The molecule has 1 amide bonds. The van der Waals surface area contributed by atoms with Crippen molar-refractivity contribution in [3.63, 3.8) is 0 Å². The fourth-order valence-corrected chi connectivity index (χ4v) is 3.40. The van der Waals surface area contributed by atoms with Gasteiger partial charge < -0.3 is 31.2 Å². The molecule has 6 N–H and O–H groups in total. The van der Waals surface area contributed by atoms with Gasteiger partial charge in [0.1, 0.15) is 0 Å². The number of hydrogen-bond donors (Lipinski definition) is 4. The number of nitrogen functional groups attached to an aromatic ring is 1. The first-order valence-electron chi connectivity index (χ1n) is 9.33. The summed E-state index contributed by atoms with van der Waals surface area (Å²) in [6.45, 7) is 0.0964. The highest BCUT2D eigenvalue weighted by atomic mass is 16.6. The molecule has 162 valence electrons. The number of ether oxygens (including phenoxy) is 2. The van der Waals surface area contributed by atoms with Gasteiger partial charge in [0.2, 0.25) is 0 Å². The molecule has 0 radical (unpaired) electrons. The summed E-state index contributed by atoms with van der Waals surface area (Å²) in [5.74, 6) is -6.63. The molecule has 0 fully saturated rings. The molecular weight excluding hydrogens is 408 g/mol. The van der Waals surface area contributed by atoms with Crippen LogP contribution >= 0.6 is 0 Å². The number of amides is 1. The van der Waals surface area contributed by atoms with E-state index in [-0.39, 0.29) is 34.8 Å². The first-order valence-corrected chi connectivity index (χ1v) is 9.33. The van der Waals surface area contributed by atoms with Gasteiger partial charge in [-0.15, -0.1) is 0 Å². The number of benzene rings is 2. The quantitative estimate of drug-likeness (QED) is 0.312. The van der Waals surface area contributed by atoms with Gasteiger partial charge >= 0.3 is 17.9 Å². The molecule has 0 bridgehead atoms. The zero-order valence-corrected chi connectivity index (χ0v) is 16.3. The maximum Gasteiger partial charge on any atom is 0.343 e. The molecule has 0 aliphatic carbocycles. The standard InChI is InChI=1S/C21H20N2O8/c22-11-3-4-12-10(8-11)2-1-7-30-17-14(19(23)26)6-5-13(18(17)31-21(12)29)15(20(27)28)9-16(24)25/h3-6,8,15H,1-2,7,9,22H2,(H2,23,26)(H,24,25)(H,27,28)/t15-/m1/s1. The normalized spacial score (nSPS) is 14.3. The lowest BCUT2D eigenvalue weighted by molar-refractivity contribution is -0.145. The molecule has 31 heavy (non-hydrogen) atoms. The Labute approximate surface area is 176 Å². The highest BCUT2D eigenvalue weighted by Crippen LogP contribution is 2.41. The number of primary amides is 1. The Morgan fingerprint density at radius 2 is 1.84 bits per heavy atom. The molecule has 0 spiro atoms. The maximum absolute atomic E-state index is 12.9. The number of carboxylic acid groups (broad SMARTS) is 2. The number of aryl methyl sites for hydroxylation is 1. The van der Waals surface area contributed by atoms with Gasteiger partial charge in [-0.1, -0.05) is 6.07 Å². The molecule has 2 aromatic carbocycles. The van der Waals surface area contributed by atoms with Crippen molar-refractivity contribution in [1.29, 1.82) is 0 Å². The fraction of sp³-hybridized carbons (Fsp3) is 0.238. The average molecular weight is 428 g/mol. The predicted molar refractivity (Wildman–Crippen MR) is 107 cm³/mol. The number of rotatable bonds is 5. The van der Waals surface area contributed by atoms with Crippen molar-refractivity contribution < 1.29 is 38.9 Å². The molecule has 0 saturated heterocycles. The number of aliphatic carboxylic acids is 2. The SMILES string of the molecule is NC(=O)c1ccc([C@@H](CC(=O)O)C(=O)O)c2c1OCCCc1cc(N)ccc1C(=O)O2. The van der Waals surface area contributed by atoms with E-state index in [1.165, 1.54) is 24.3 Å². The van der Waals surface area contributed by atoms with Crippen molar-refractivity contribution in [2.45, 2.75) is 25.2 Å². The third kappa shape index (κ3) is 4.58. The molecule has 3 rings (SSSR count). The highest BCUT2D eigenvalue weighted by molar-refractivity contribution is 5.99. The second kappa shape index (κ2) is 8.74. The third-order valence-electron chi connectivity index (χ3n) is 4.84. The number of anilines is 1. The van der Waals surface area contributed by atoms with Crippen molar-refractivity contribution in [3.05, 3.63) is 52.6 Å². The van der Waals surface area contributed by atoms with Gasteiger partial charge in [-0.25, -0.2) is 4.79 Å². The number of esters is 1. The molecule has 1 aliphatic rings. The van der Waals surface area contributed by atoms with Crippen LogP contribution in [0, 0.1) is 0 Å². The Kier molecular flexibility index (Phi) is 6.10. The number of carboxylic acids is 2. The van der Waals surface area contributed by atoms with Gasteiger partial charge in [-0.05, 0) is 42.7 Å². The summed E-state index contributed by atoms with van der Waals surface area (Å²) in [6.07, 6.45) is 0.110. The van der Waals surface area contributed by atoms with Gasteiger partial charge in [0.15, 0.2) is 11.5 Å². The summed E-state index contributed by atoms with van der Waals surface area (Å²) < 4.78 is 11.2. The monoisotopic (exact) mass is 428 g/mol. The van der Waals surface area contributed by atoms with Crippen molar-refractivity contribution in [3.8, 4) is 11.5 Å². The molecule has 0 saturated carbocycles. The van der Waals surface area contributed by atoms with Crippen molar-refractivity contribution in [2.75, 3.05) is 12.3 Å². The number of fused-ring (bicyclic) bond motifs is 2. The Morgan fingerprint density at radius 3 is 2.48 bits per heavy atom. The predicted octanol–water partition coefficient (Wildman–Crippen LogP) is 1.55. The van der Waals surface area contributed by atoms with Crippen LogP contribution in [0.4, 0.5) is 5.69 Å². The maximum atomic E-state index is 12.9. The zero-order chi connectivity index (χ0) is 22.7. The lowest BCUT2D eigenvalue weighted by atomic mass is 9.92. The largest absolute Gasteiger partial charge is 0.489 e. The summed E-state index contributed by atoms with van der Waals surface area (Å²) in [5.41, 5.74) is 12.2. The first kappa shape index (κ1) is 21.6. The number of carbonyl (C=O) groups is 4. The third-order valence-corrected chi connectivity index (χ3v) is 4.84. The Balaban J connectivity index is 2.21. The number of carbonyl (C=O) groups excluding carboxylic acids is 2. The Morgan fingerprint density at radius 1 is 1.10 bits per heavy atom. The van der Waals surface area contributed by atoms with E-state index in [1.807, 2.05) is 0 Å². The summed E-state index contributed by atoms with van der Waals surface area (Å²) in [5, 5.41) is 18.7. The molecule has 1 atom stereocenters. The minimum absolute atomic E-state index is 0.0964. The molecule has 10 nitrogen and oxygen atoms in total. The van der Waals surface area contributed by atoms with Gasteiger partial charge in [-0.3, -0.25) is 14.4 Å². The topological polar surface area (TPSA) is 179 Å². The highest BCUT2D eigenvalue weighted by Gasteiger charge is 2.32. The second-order valence-electron chi connectivity index (χ2n) is 6.97. The molecule has 0 aromatic heterocycles. The van der Waals surface area contributed by atoms with E-state index in [4.69, 9.17) is 26.0 Å². The van der Waals surface area contributed by atoms with Crippen LogP contribution in [-0.2, 0) is 16.0 Å². The Hall–Kier alpha value is -4.08. The van der Waals surface area contributed by atoms with Crippen LogP contribution in [-0.4, -0.2) is 40.6 Å². The minimum atomic E-state index is -1.56. The molecule has 10 heteroatoms. The minimum Gasteiger partial charge on any atom is -0.489 e. The van der Waals surface area contributed by atoms with Crippen molar-refractivity contribution >= 4 is 29.5 Å². The first-order chi connectivity index (χ1) is 14.7. The van der Waals surface area contributed by atoms with Gasteiger partial charge in [0.25, 0.3) is 5.91 Å². The van der Waals surface area contributed by atoms with E-state index in [0.717, 1.165) is 0 Å².